The van der Waals surface area contributed by atoms with E-state index < -0.39 is 6.10 Å². The van der Waals surface area contributed by atoms with E-state index in [1.54, 1.807) is 18.2 Å². The van der Waals surface area contributed by atoms with Crippen molar-refractivity contribution >= 4 is 21.6 Å². The van der Waals surface area contributed by atoms with Gasteiger partial charge < -0.3 is 5.11 Å². The molecule has 0 fully saturated rings. The summed E-state index contributed by atoms with van der Waals surface area (Å²) >= 11 is 3.34. The molecule has 0 saturated carbocycles. The van der Waals surface area contributed by atoms with Gasteiger partial charge in [-0.15, -0.1) is 0 Å². The van der Waals surface area contributed by atoms with Gasteiger partial charge in [-0.3, -0.25) is 0 Å². The highest BCUT2D eigenvalue weighted by molar-refractivity contribution is 9.10. The number of hydrogen-bond donors (Lipinski definition) is 1. The standard InChI is InChI=1S/C13H10BrN3O/c14-10-6-7-12(16-17-15)11(8-10)13(18)9-4-2-1-3-5-9/h1-8,13,18H. The molecule has 2 aromatic rings. The Morgan fingerprint density at radius 2 is 1.89 bits per heavy atom. The molecule has 18 heavy (non-hydrogen) atoms. The van der Waals surface area contributed by atoms with Crippen molar-refractivity contribution in [3.8, 4) is 0 Å². The lowest BCUT2D eigenvalue weighted by atomic mass is 10.0. The second-order valence-corrected chi connectivity index (χ2v) is 4.62. The monoisotopic (exact) mass is 303 g/mol. The quantitative estimate of drug-likeness (QED) is 0.507. The Labute approximate surface area is 113 Å². The second kappa shape index (κ2) is 5.69. The fraction of sp³-hybridized carbons (Fsp3) is 0.0769. The summed E-state index contributed by atoms with van der Waals surface area (Å²) < 4.78 is 0.823. The maximum Gasteiger partial charge on any atom is 0.105 e. The maximum absolute atomic E-state index is 10.3. The third-order valence-electron chi connectivity index (χ3n) is 2.55. The summed E-state index contributed by atoms with van der Waals surface area (Å²) in [5, 5.41) is 13.9. The summed E-state index contributed by atoms with van der Waals surface area (Å²) in [7, 11) is 0. The van der Waals surface area contributed by atoms with Gasteiger partial charge in [-0.25, -0.2) is 0 Å². The van der Waals surface area contributed by atoms with Crippen LogP contribution < -0.4 is 0 Å². The first kappa shape index (κ1) is 12.6. The van der Waals surface area contributed by atoms with Crippen molar-refractivity contribution in [2.24, 2.45) is 5.11 Å². The van der Waals surface area contributed by atoms with Crippen molar-refractivity contribution in [2.45, 2.75) is 6.10 Å². The highest BCUT2D eigenvalue weighted by atomic mass is 79.9. The Bertz CT molecular complexity index is 594. The van der Waals surface area contributed by atoms with E-state index in [0.717, 1.165) is 10.0 Å². The van der Waals surface area contributed by atoms with Crippen molar-refractivity contribution in [3.05, 3.63) is 74.6 Å². The Hall–Kier alpha value is -1.81. The lowest BCUT2D eigenvalue weighted by molar-refractivity contribution is 0.221. The SMILES string of the molecule is [N-]=[N+]=Nc1ccc(Br)cc1C(O)c1ccccc1. The summed E-state index contributed by atoms with van der Waals surface area (Å²) in [5.74, 6) is 0. The van der Waals surface area contributed by atoms with E-state index in [9.17, 15) is 5.11 Å². The zero-order valence-corrected chi connectivity index (χ0v) is 10.9. The van der Waals surface area contributed by atoms with Crippen molar-refractivity contribution < 1.29 is 5.11 Å². The van der Waals surface area contributed by atoms with Gasteiger partial charge in [-0.05, 0) is 28.8 Å². The minimum Gasteiger partial charge on any atom is -0.384 e. The minimum absolute atomic E-state index is 0.428. The maximum atomic E-state index is 10.3. The molecule has 0 bridgehead atoms. The van der Waals surface area contributed by atoms with Crippen LogP contribution in [-0.4, -0.2) is 5.11 Å². The predicted octanol–water partition coefficient (Wildman–Crippen LogP) is 4.47. The highest BCUT2D eigenvalue weighted by Crippen LogP contribution is 2.32. The number of aliphatic hydroxyl groups excluding tert-OH is 1. The first-order valence-corrected chi connectivity index (χ1v) is 6.09. The van der Waals surface area contributed by atoms with E-state index in [1.807, 2.05) is 30.3 Å². The molecule has 0 aliphatic rings. The first-order chi connectivity index (χ1) is 8.72. The van der Waals surface area contributed by atoms with Gasteiger partial charge in [0, 0.05) is 15.1 Å². The number of hydrogen-bond acceptors (Lipinski definition) is 2. The van der Waals surface area contributed by atoms with Crippen molar-refractivity contribution in [2.75, 3.05) is 0 Å². The molecule has 0 radical (unpaired) electrons. The Balaban J connectivity index is 2.49. The Kier molecular flexibility index (Phi) is 3.99. The van der Waals surface area contributed by atoms with E-state index >= 15 is 0 Å². The van der Waals surface area contributed by atoms with Gasteiger partial charge in [0.05, 0.1) is 0 Å². The van der Waals surface area contributed by atoms with E-state index in [4.69, 9.17) is 5.53 Å². The van der Waals surface area contributed by atoms with Gasteiger partial charge >= 0.3 is 0 Å². The average Bonchev–Trinajstić information content (AvgIpc) is 2.41. The van der Waals surface area contributed by atoms with Crippen LogP contribution in [0.2, 0.25) is 0 Å². The molecular weight excluding hydrogens is 294 g/mol. The topological polar surface area (TPSA) is 69.0 Å². The van der Waals surface area contributed by atoms with Crippen LogP contribution in [0.1, 0.15) is 17.2 Å². The van der Waals surface area contributed by atoms with Crippen LogP contribution in [0.3, 0.4) is 0 Å². The summed E-state index contributed by atoms with van der Waals surface area (Å²) in [4.78, 5) is 2.77. The molecule has 1 unspecified atom stereocenters. The smallest absolute Gasteiger partial charge is 0.105 e. The Morgan fingerprint density at radius 1 is 1.17 bits per heavy atom. The summed E-state index contributed by atoms with van der Waals surface area (Å²) in [5.41, 5.74) is 10.3. The van der Waals surface area contributed by atoms with Gasteiger partial charge in [0.15, 0.2) is 0 Å². The first-order valence-electron chi connectivity index (χ1n) is 5.30. The fourth-order valence-corrected chi connectivity index (χ4v) is 2.08. The zero-order valence-electron chi connectivity index (χ0n) is 9.36. The minimum atomic E-state index is -0.816. The molecule has 4 nitrogen and oxygen atoms in total. The van der Waals surface area contributed by atoms with Crippen LogP contribution in [0.4, 0.5) is 5.69 Å². The van der Waals surface area contributed by atoms with Gasteiger partial charge in [-0.1, -0.05) is 57.4 Å². The van der Waals surface area contributed by atoms with Crippen LogP contribution in [0.15, 0.2) is 58.1 Å². The van der Waals surface area contributed by atoms with E-state index in [-0.39, 0.29) is 0 Å². The van der Waals surface area contributed by atoms with Crippen LogP contribution in [0.5, 0.6) is 0 Å². The molecule has 0 aliphatic carbocycles. The van der Waals surface area contributed by atoms with Crippen LogP contribution >= 0.6 is 15.9 Å². The molecule has 0 aromatic heterocycles. The van der Waals surface area contributed by atoms with E-state index in [1.165, 1.54) is 0 Å². The number of nitrogens with zero attached hydrogens (tertiary/aromatic N) is 3. The van der Waals surface area contributed by atoms with E-state index in [2.05, 4.69) is 26.0 Å². The Morgan fingerprint density at radius 3 is 2.56 bits per heavy atom. The number of azide groups is 1. The predicted molar refractivity (Wildman–Crippen MR) is 73.5 cm³/mol. The fourth-order valence-electron chi connectivity index (χ4n) is 1.70. The lowest BCUT2D eigenvalue weighted by Gasteiger charge is -2.14. The van der Waals surface area contributed by atoms with Crippen LogP contribution in [0, 0.1) is 0 Å². The second-order valence-electron chi connectivity index (χ2n) is 3.71. The molecule has 0 spiro atoms. The molecule has 0 amide bonds. The number of aliphatic hydroxyl groups is 1. The van der Waals surface area contributed by atoms with Crippen molar-refractivity contribution in [1.82, 2.24) is 0 Å². The van der Waals surface area contributed by atoms with Gasteiger partial charge in [0.2, 0.25) is 0 Å². The molecule has 90 valence electrons. The molecule has 0 aliphatic heterocycles. The van der Waals surface area contributed by atoms with Gasteiger partial charge in [-0.2, -0.15) is 0 Å². The third-order valence-corrected chi connectivity index (χ3v) is 3.05. The zero-order chi connectivity index (χ0) is 13.0. The highest BCUT2D eigenvalue weighted by Gasteiger charge is 2.14. The number of benzene rings is 2. The normalized spacial score (nSPS) is 11.7. The van der Waals surface area contributed by atoms with Gasteiger partial charge in [0.25, 0.3) is 0 Å². The molecule has 2 rings (SSSR count). The molecule has 0 heterocycles. The molecule has 1 atom stereocenters. The number of rotatable bonds is 3. The molecule has 5 heteroatoms. The molecule has 2 aromatic carbocycles. The van der Waals surface area contributed by atoms with E-state index in [0.29, 0.717) is 11.3 Å². The van der Waals surface area contributed by atoms with Crippen molar-refractivity contribution in [1.29, 1.82) is 0 Å². The summed E-state index contributed by atoms with van der Waals surface area (Å²) in [6.07, 6.45) is -0.816. The molecular formula is C13H10BrN3O. The third kappa shape index (κ3) is 2.71. The number of halogens is 1. The lowest BCUT2D eigenvalue weighted by Crippen LogP contribution is -1.99. The largest absolute Gasteiger partial charge is 0.384 e. The summed E-state index contributed by atoms with van der Waals surface area (Å²) in [6, 6.07) is 14.4. The van der Waals surface area contributed by atoms with Crippen molar-refractivity contribution in [3.63, 3.8) is 0 Å². The van der Waals surface area contributed by atoms with Crippen LogP contribution in [-0.2, 0) is 0 Å². The van der Waals surface area contributed by atoms with Crippen LogP contribution in [0.25, 0.3) is 10.4 Å². The van der Waals surface area contributed by atoms with Gasteiger partial charge in [0.1, 0.15) is 6.10 Å². The molecule has 0 saturated heterocycles. The average molecular weight is 304 g/mol. The summed E-state index contributed by atoms with van der Waals surface area (Å²) in [6.45, 7) is 0. The molecule has 1 N–H and O–H groups in total.